The first-order valence-corrected chi connectivity index (χ1v) is 18.7. The molecule has 3 aliphatic heterocycles. The predicted octanol–water partition coefficient (Wildman–Crippen LogP) is 5.85. The van der Waals surface area contributed by atoms with E-state index in [1.54, 1.807) is 33.9 Å². The second-order valence-corrected chi connectivity index (χ2v) is 14.5. The lowest BCUT2D eigenvalue weighted by Gasteiger charge is -2.37. The zero-order chi connectivity index (χ0) is 37.6. The number of amides is 3. The minimum absolute atomic E-state index is 0.0958. The molecule has 52 heavy (non-hydrogen) atoms. The van der Waals surface area contributed by atoms with E-state index in [0.29, 0.717) is 38.6 Å². The van der Waals surface area contributed by atoms with E-state index in [0.717, 1.165) is 35.2 Å². The summed E-state index contributed by atoms with van der Waals surface area (Å²) in [4.78, 5) is 62.2. The Labute approximate surface area is 308 Å². The standard InChI is InChI=1S/C42H55N3O7/c1-7-9-22-33(47)43(6)30(5)37(31-20-13-12-14-21-31)51-41(50)34-32-23-24-42(52-32)35(34)39(48)45(26-15-10-11-16-27-46)38(42)40(49)44(25-8-2)36-28(3)18-17-19-29(36)4/h7-8,12-14,17-21,30,32,34-35,37-38,46H,1-2,9-11,15-16,22-27H2,3-6H3/t30-,32-,34+,35+,37+,38-,42+/m0/s1. The number of aryl methyl sites for hydroxylation is 2. The number of esters is 1. The van der Waals surface area contributed by atoms with E-state index in [1.165, 1.54) is 0 Å². The summed E-state index contributed by atoms with van der Waals surface area (Å²) in [6.07, 6.45) is 6.67. The first kappa shape index (κ1) is 38.9. The Hall–Kier alpha value is -4.28. The van der Waals surface area contributed by atoms with Crippen LogP contribution in [0.15, 0.2) is 73.8 Å². The zero-order valence-corrected chi connectivity index (χ0v) is 31.2. The number of fused-ring (bicyclic) bond motifs is 1. The van der Waals surface area contributed by atoms with Crippen LogP contribution < -0.4 is 4.90 Å². The van der Waals surface area contributed by atoms with E-state index < -0.39 is 47.7 Å². The molecule has 3 fully saturated rings. The third kappa shape index (κ3) is 7.46. The van der Waals surface area contributed by atoms with Crippen LogP contribution in [0.1, 0.15) is 81.1 Å². The highest BCUT2D eigenvalue weighted by Gasteiger charge is 2.75. The fourth-order valence-corrected chi connectivity index (χ4v) is 8.61. The number of aliphatic hydroxyl groups is 1. The van der Waals surface area contributed by atoms with Crippen molar-refractivity contribution in [3.05, 3.63) is 90.5 Å². The average Bonchev–Trinajstić information content (AvgIpc) is 3.79. The topological polar surface area (TPSA) is 117 Å². The second kappa shape index (κ2) is 17.0. The van der Waals surface area contributed by atoms with Gasteiger partial charge in [-0.05, 0) is 69.6 Å². The van der Waals surface area contributed by atoms with Gasteiger partial charge in [-0.15, -0.1) is 13.2 Å². The molecule has 2 bridgehead atoms. The van der Waals surface area contributed by atoms with E-state index in [1.807, 2.05) is 69.3 Å². The first-order chi connectivity index (χ1) is 25.0. The number of anilines is 1. The van der Waals surface area contributed by atoms with Gasteiger partial charge in [0.05, 0.1) is 24.0 Å². The zero-order valence-electron chi connectivity index (χ0n) is 31.2. The van der Waals surface area contributed by atoms with Gasteiger partial charge in [0.25, 0.3) is 5.91 Å². The van der Waals surface area contributed by atoms with Gasteiger partial charge in [-0.3, -0.25) is 19.2 Å². The number of hydrogen-bond donors (Lipinski definition) is 1. The van der Waals surface area contributed by atoms with Gasteiger partial charge in [0.2, 0.25) is 11.8 Å². The molecule has 1 N–H and O–H groups in total. The predicted molar refractivity (Wildman–Crippen MR) is 200 cm³/mol. The van der Waals surface area contributed by atoms with E-state index in [-0.39, 0.29) is 37.3 Å². The fraction of sp³-hybridized carbons (Fsp3) is 0.524. The number of unbranched alkanes of at least 4 members (excludes halogenated alkanes) is 3. The molecular weight excluding hydrogens is 658 g/mol. The van der Waals surface area contributed by atoms with Crippen LogP contribution in [-0.2, 0) is 28.7 Å². The number of allylic oxidation sites excluding steroid dienone is 1. The molecule has 2 aromatic rings. The summed E-state index contributed by atoms with van der Waals surface area (Å²) >= 11 is 0. The number of ether oxygens (including phenoxy) is 2. The highest BCUT2D eigenvalue weighted by molar-refractivity contribution is 6.05. The quantitative estimate of drug-likeness (QED) is 0.117. The minimum atomic E-state index is -1.20. The van der Waals surface area contributed by atoms with Gasteiger partial charge < -0.3 is 29.3 Å². The van der Waals surface area contributed by atoms with Gasteiger partial charge >= 0.3 is 5.97 Å². The Morgan fingerprint density at radius 2 is 1.73 bits per heavy atom. The van der Waals surface area contributed by atoms with Crippen molar-refractivity contribution >= 4 is 29.4 Å². The van der Waals surface area contributed by atoms with Gasteiger partial charge in [-0.25, -0.2) is 0 Å². The molecule has 0 unspecified atom stereocenters. The Balaban J connectivity index is 1.50. The van der Waals surface area contributed by atoms with Crippen LogP contribution in [0.4, 0.5) is 5.69 Å². The van der Waals surface area contributed by atoms with Crippen LogP contribution in [0, 0.1) is 25.7 Å². The third-order valence-corrected chi connectivity index (χ3v) is 11.3. The summed E-state index contributed by atoms with van der Waals surface area (Å²) in [5.41, 5.74) is 2.16. The van der Waals surface area contributed by atoms with E-state index in [4.69, 9.17) is 9.47 Å². The number of benzene rings is 2. The van der Waals surface area contributed by atoms with Crippen molar-refractivity contribution in [1.82, 2.24) is 9.80 Å². The molecular formula is C42H55N3O7. The lowest BCUT2D eigenvalue weighted by atomic mass is 9.70. The third-order valence-electron chi connectivity index (χ3n) is 11.3. The van der Waals surface area contributed by atoms with Gasteiger partial charge in [-0.1, -0.05) is 73.5 Å². The summed E-state index contributed by atoms with van der Waals surface area (Å²) in [5.74, 6) is -3.00. The van der Waals surface area contributed by atoms with E-state index in [2.05, 4.69) is 13.2 Å². The molecule has 1 spiro atoms. The average molecular weight is 714 g/mol. The summed E-state index contributed by atoms with van der Waals surface area (Å²) in [5, 5.41) is 9.31. The number of carbonyl (C=O) groups excluding carboxylic acids is 4. The van der Waals surface area contributed by atoms with Crippen molar-refractivity contribution in [2.45, 2.75) is 102 Å². The maximum atomic E-state index is 15.0. The molecule has 2 aromatic carbocycles. The first-order valence-electron chi connectivity index (χ1n) is 18.7. The SMILES string of the molecule is C=CCCC(=O)N(C)[C@@H](C)[C@@H](OC(=O)[C@@H]1[C@@H]2CC[C@]3(O2)[C@H](C(=O)N(CC=C)c2c(C)cccc2C)N(CCCCCCO)C(=O)[C@@H]13)c1ccccc1. The summed E-state index contributed by atoms with van der Waals surface area (Å²) in [7, 11) is 1.70. The Morgan fingerprint density at radius 1 is 1.04 bits per heavy atom. The largest absolute Gasteiger partial charge is 0.455 e. The van der Waals surface area contributed by atoms with Crippen LogP contribution in [-0.4, -0.2) is 89.1 Å². The van der Waals surface area contributed by atoms with Crippen molar-refractivity contribution in [2.75, 3.05) is 31.6 Å². The summed E-state index contributed by atoms with van der Waals surface area (Å²) in [6.45, 7) is 14.1. The number of rotatable bonds is 18. The number of likely N-dealkylation sites (tertiary alicyclic amines) is 1. The van der Waals surface area contributed by atoms with Crippen molar-refractivity contribution in [3.63, 3.8) is 0 Å². The molecule has 3 saturated heterocycles. The highest BCUT2D eigenvalue weighted by atomic mass is 16.6. The van der Waals surface area contributed by atoms with Gasteiger partial charge in [0, 0.05) is 38.9 Å². The fourth-order valence-electron chi connectivity index (χ4n) is 8.61. The lowest BCUT2D eigenvalue weighted by molar-refractivity contribution is -0.164. The molecule has 7 atom stereocenters. The van der Waals surface area contributed by atoms with Crippen LogP contribution in [0.25, 0.3) is 0 Å². The van der Waals surface area contributed by atoms with E-state index >= 15 is 4.79 Å². The summed E-state index contributed by atoms with van der Waals surface area (Å²) < 4.78 is 13.1. The normalized spacial score (nSPS) is 24.2. The molecule has 10 nitrogen and oxygen atoms in total. The van der Waals surface area contributed by atoms with Crippen LogP contribution >= 0.6 is 0 Å². The molecule has 10 heteroatoms. The Bertz CT molecular complexity index is 1610. The van der Waals surface area contributed by atoms with Crippen LogP contribution in [0.5, 0.6) is 0 Å². The molecule has 3 aliphatic rings. The van der Waals surface area contributed by atoms with Crippen molar-refractivity contribution < 1.29 is 33.8 Å². The monoisotopic (exact) mass is 713 g/mol. The lowest BCUT2D eigenvalue weighted by Crippen LogP contribution is -2.56. The molecule has 0 aliphatic carbocycles. The van der Waals surface area contributed by atoms with Crippen molar-refractivity contribution in [3.8, 4) is 0 Å². The molecule has 0 aromatic heterocycles. The van der Waals surface area contributed by atoms with Crippen molar-refractivity contribution in [2.24, 2.45) is 11.8 Å². The van der Waals surface area contributed by atoms with Gasteiger partial charge in [0.1, 0.15) is 17.7 Å². The van der Waals surface area contributed by atoms with Crippen LogP contribution in [0.3, 0.4) is 0 Å². The molecule has 0 saturated carbocycles. The maximum Gasteiger partial charge on any atom is 0.313 e. The number of nitrogens with zero attached hydrogens (tertiary/aromatic N) is 3. The van der Waals surface area contributed by atoms with Gasteiger partial charge in [0.15, 0.2) is 0 Å². The van der Waals surface area contributed by atoms with Crippen molar-refractivity contribution in [1.29, 1.82) is 0 Å². The van der Waals surface area contributed by atoms with E-state index in [9.17, 15) is 19.5 Å². The summed E-state index contributed by atoms with van der Waals surface area (Å²) in [6, 6.07) is 13.8. The molecule has 0 radical (unpaired) electrons. The van der Waals surface area contributed by atoms with Gasteiger partial charge in [-0.2, -0.15) is 0 Å². The molecule has 5 rings (SSSR count). The molecule has 3 amide bonds. The molecule has 280 valence electrons. The van der Waals surface area contributed by atoms with Crippen LogP contribution in [0.2, 0.25) is 0 Å². The Morgan fingerprint density at radius 3 is 2.38 bits per heavy atom. The minimum Gasteiger partial charge on any atom is -0.455 e. The molecule has 3 heterocycles. The smallest absolute Gasteiger partial charge is 0.313 e. The number of para-hydroxylation sites is 1. The number of likely N-dealkylation sites (N-methyl/N-ethyl adjacent to an activating group) is 1. The second-order valence-electron chi connectivity index (χ2n) is 14.5. The number of carbonyl (C=O) groups is 4. The maximum absolute atomic E-state index is 15.0. The number of aliphatic hydroxyl groups excluding tert-OH is 1. The highest BCUT2D eigenvalue weighted by Crippen LogP contribution is 2.59. The Kier molecular flexibility index (Phi) is 12.8. The number of hydrogen-bond acceptors (Lipinski definition) is 7.